The summed E-state index contributed by atoms with van der Waals surface area (Å²) in [5.74, 6) is -1.10. The summed E-state index contributed by atoms with van der Waals surface area (Å²) < 4.78 is 11.8. The molecule has 4 aromatic rings. The third kappa shape index (κ3) is 4.91. The number of thiazole rings is 1. The number of carbonyl (C=O) groups is 2. The van der Waals surface area contributed by atoms with Crippen LogP contribution in [0.25, 0.3) is 21.3 Å². The number of fused-ring (bicyclic) bond motifs is 1. The summed E-state index contributed by atoms with van der Waals surface area (Å²) in [7, 11) is 0. The van der Waals surface area contributed by atoms with Crippen LogP contribution in [0.3, 0.4) is 0 Å². The van der Waals surface area contributed by atoms with E-state index in [0.717, 1.165) is 21.3 Å². The van der Waals surface area contributed by atoms with Gasteiger partial charge in [-0.15, -0.1) is 21.5 Å². The Morgan fingerprint density at radius 3 is 2.53 bits per heavy atom. The fourth-order valence-corrected chi connectivity index (χ4v) is 4.11. The summed E-state index contributed by atoms with van der Waals surface area (Å²) in [6.07, 6.45) is 0.0799. The zero-order valence-corrected chi connectivity index (χ0v) is 19.1. The fraction of sp³-hybridized carbons (Fsp3) is 0.292. The van der Waals surface area contributed by atoms with Crippen LogP contribution in [-0.2, 0) is 9.53 Å². The van der Waals surface area contributed by atoms with Gasteiger partial charge in [0.05, 0.1) is 16.6 Å². The highest BCUT2D eigenvalue weighted by Crippen LogP contribution is 2.29. The molecule has 0 saturated heterocycles. The van der Waals surface area contributed by atoms with Gasteiger partial charge in [-0.05, 0) is 44.0 Å². The van der Waals surface area contributed by atoms with Gasteiger partial charge in [0, 0.05) is 5.92 Å². The van der Waals surface area contributed by atoms with E-state index in [-0.39, 0.29) is 35.1 Å². The molecule has 0 radical (unpaired) electrons. The summed E-state index contributed by atoms with van der Waals surface area (Å²) in [5, 5.41) is 8.11. The molecule has 0 aliphatic carbocycles. The highest BCUT2D eigenvalue weighted by molar-refractivity contribution is 7.20. The highest BCUT2D eigenvalue weighted by Gasteiger charge is 2.25. The van der Waals surface area contributed by atoms with Gasteiger partial charge in [-0.3, -0.25) is 9.59 Å². The van der Waals surface area contributed by atoms with Gasteiger partial charge in [0.25, 0.3) is 11.7 Å². The Labute approximate surface area is 189 Å². The van der Waals surface area contributed by atoms with Crippen molar-refractivity contribution >= 4 is 33.3 Å². The molecular weight excluding hydrogens is 426 g/mol. The van der Waals surface area contributed by atoms with E-state index in [1.165, 1.54) is 11.3 Å². The summed E-state index contributed by atoms with van der Waals surface area (Å²) in [6.45, 7) is 7.19. The quantitative estimate of drug-likeness (QED) is 0.287. The average molecular weight is 450 g/mol. The second kappa shape index (κ2) is 8.63. The van der Waals surface area contributed by atoms with Crippen molar-refractivity contribution < 1.29 is 18.7 Å². The number of esters is 1. The highest BCUT2D eigenvalue weighted by atomic mass is 32.1. The number of ether oxygens (including phenoxy) is 1. The van der Waals surface area contributed by atoms with E-state index >= 15 is 0 Å². The molecule has 0 aliphatic rings. The summed E-state index contributed by atoms with van der Waals surface area (Å²) in [4.78, 5) is 29.4. The molecule has 0 N–H and O–H groups in total. The normalized spacial score (nSPS) is 12.6. The van der Waals surface area contributed by atoms with Gasteiger partial charge in [-0.2, -0.15) is 0 Å². The first-order valence-corrected chi connectivity index (χ1v) is 11.1. The van der Waals surface area contributed by atoms with Gasteiger partial charge < -0.3 is 9.15 Å². The lowest BCUT2D eigenvalue weighted by Gasteiger charge is -2.20. The predicted octanol–water partition coefficient (Wildman–Crippen LogP) is 5.41. The first-order chi connectivity index (χ1) is 15.2. The molecular formula is C24H23N3O4S. The van der Waals surface area contributed by atoms with E-state index in [2.05, 4.69) is 15.2 Å². The lowest BCUT2D eigenvalue weighted by Crippen LogP contribution is -2.24. The van der Waals surface area contributed by atoms with E-state index in [1.54, 1.807) is 27.7 Å². The number of hydrogen-bond acceptors (Lipinski definition) is 8. The third-order valence-electron chi connectivity index (χ3n) is 4.64. The molecule has 0 fully saturated rings. The SMILES string of the molecule is C[C@H](CC(=O)OC(C)(C)C)c1nnc(C(=O)c2nc3ccc(-c4ccccc4)cc3s2)o1. The molecule has 0 spiro atoms. The molecule has 7 nitrogen and oxygen atoms in total. The molecule has 32 heavy (non-hydrogen) atoms. The molecule has 0 bridgehead atoms. The molecule has 0 aliphatic heterocycles. The van der Waals surface area contributed by atoms with Gasteiger partial charge in [0.2, 0.25) is 5.89 Å². The monoisotopic (exact) mass is 449 g/mol. The number of carbonyl (C=O) groups excluding carboxylic acids is 2. The third-order valence-corrected chi connectivity index (χ3v) is 5.66. The van der Waals surface area contributed by atoms with E-state index in [4.69, 9.17) is 9.15 Å². The van der Waals surface area contributed by atoms with Crippen LogP contribution in [0.1, 0.15) is 61.6 Å². The Bertz CT molecular complexity index is 1270. The van der Waals surface area contributed by atoms with Gasteiger partial charge >= 0.3 is 5.97 Å². The molecule has 0 unspecified atom stereocenters. The van der Waals surface area contributed by atoms with Crippen molar-refractivity contribution in [2.24, 2.45) is 0 Å². The molecule has 0 saturated carbocycles. The maximum absolute atomic E-state index is 12.9. The number of benzene rings is 2. The molecule has 4 rings (SSSR count). The number of rotatable bonds is 6. The number of hydrogen-bond donors (Lipinski definition) is 0. The molecule has 164 valence electrons. The van der Waals surface area contributed by atoms with E-state index in [9.17, 15) is 9.59 Å². The topological polar surface area (TPSA) is 95.2 Å². The molecule has 0 amide bonds. The van der Waals surface area contributed by atoms with E-state index in [1.807, 2.05) is 48.5 Å². The van der Waals surface area contributed by atoms with Crippen molar-refractivity contribution in [3.8, 4) is 11.1 Å². The minimum Gasteiger partial charge on any atom is -0.460 e. The molecule has 2 aromatic carbocycles. The van der Waals surface area contributed by atoms with Crippen LogP contribution in [0.2, 0.25) is 0 Å². The van der Waals surface area contributed by atoms with Crippen molar-refractivity contribution in [2.45, 2.75) is 45.6 Å². The van der Waals surface area contributed by atoms with Gasteiger partial charge in [-0.25, -0.2) is 4.98 Å². The number of aromatic nitrogens is 3. The Balaban J connectivity index is 1.51. The molecule has 1 atom stereocenters. The van der Waals surface area contributed by atoms with Crippen molar-refractivity contribution in [3.63, 3.8) is 0 Å². The largest absolute Gasteiger partial charge is 0.460 e. The minimum absolute atomic E-state index is 0.0799. The number of ketones is 1. The summed E-state index contributed by atoms with van der Waals surface area (Å²) >= 11 is 1.28. The van der Waals surface area contributed by atoms with Crippen LogP contribution in [0.15, 0.2) is 52.9 Å². The Kier molecular flexibility index (Phi) is 5.88. The second-order valence-corrected chi connectivity index (χ2v) is 9.56. The van der Waals surface area contributed by atoms with E-state index < -0.39 is 11.4 Å². The Morgan fingerprint density at radius 2 is 1.81 bits per heavy atom. The lowest BCUT2D eigenvalue weighted by atomic mass is 10.1. The van der Waals surface area contributed by atoms with Gasteiger partial charge in [0.1, 0.15) is 5.60 Å². The van der Waals surface area contributed by atoms with Gasteiger partial charge in [0.15, 0.2) is 5.01 Å². The van der Waals surface area contributed by atoms with Crippen molar-refractivity contribution in [3.05, 3.63) is 65.3 Å². The fourth-order valence-electron chi connectivity index (χ4n) is 3.17. The molecule has 2 aromatic heterocycles. The minimum atomic E-state index is -0.569. The van der Waals surface area contributed by atoms with Crippen LogP contribution in [0, 0.1) is 0 Å². The zero-order valence-electron chi connectivity index (χ0n) is 18.3. The Morgan fingerprint density at radius 1 is 1.06 bits per heavy atom. The molecule has 8 heteroatoms. The molecule has 2 heterocycles. The van der Waals surface area contributed by atoms with Crippen LogP contribution < -0.4 is 0 Å². The summed E-state index contributed by atoms with van der Waals surface area (Å²) in [6, 6.07) is 15.9. The van der Waals surface area contributed by atoms with Crippen molar-refractivity contribution in [1.82, 2.24) is 15.2 Å². The van der Waals surface area contributed by atoms with Gasteiger partial charge in [-0.1, -0.05) is 43.3 Å². The van der Waals surface area contributed by atoms with Crippen LogP contribution in [0.4, 0.5) is 0 Å². The maximum atomic E-state index is 12.9. The van der Waals surface area contributed by atoms with E-state index in [0.29, 0.717) is 0 Å². The average Bonchev–Trinajstić information content (AvgIpc) is 3.39. The maximum Gasteiger partial charge on any atom is 0.307 e. The zero-order chi connectivity index (χ0) is 22.9. The van der Waals surface area contributed by atoms with Crippen LogP contribution in [-0.4, -0.2) is 32.5 Å². The lowest BCUT2D eigenvalue weighted by molar-refractivity contribution is -0.155. The predicted molar refractivity (Wildman–Crippen MR) is 122 cm³/mol. The van der Waals surface area contributed by atoms with Crippen LogP contribution >= 0.6 is 11.3 Å². The first kappa shape index (κ1) is 21.8. The first-order valence-electron chi connectivity index (χ1n) is 10.3. The Hall–Kier alpha value is -3.39. The number of nitrogens with zero attached hydrogens (tertiary/aromatic N) is 3. The summed E-state index contributed by atoms with van der Waals surface area (Å²) in [5.41, 5.74) is 2.31. The van der Waals surface area contributed by atoms with Crippen molar-refractivity contribution in [1.29, 1.82) is 0 Å². The van der Waals surface area contributed by atoms with Crippen LogP contribution in [0.5, 0.6) is 0 Å². The second-order valence-electron chi connectivity index (χ2n) is 8.53. The smallest absolute Gasteiger partial charge is 0.307 e. The van der Waals surface area contributed by atoms with Crippen molar-refractivity contribution in [2.75, 3.05) is 0 Å². The standard InChI is InChI=1S/C24H23N3O4S/c1-14(12-19(28)31-24(2,3)4)21-26-27-22(30-21)20(29)23-25-17-11-10-16(13-18(17)32-23)15-8-6-5-7-9-15/h5-11,13-14H,12H2,1-4H3/t14-/m1/s1.